The molecule has 2 N–H and O–H groups in total. The van der Waals surface area contributed by atoms with E-state index in [-0.39, 0.29) is 35.2 Å². The summed E-state index contributed by atoms with van der Waals surface area (Å²) < 4.78 is 13.5. The molecule has 0 saturated carbocycles. The van der Waals surface area contributed by atoms with Gasteiger partial charge >= 0.3 is 0 Å². The highest BCUT2D eigenvalue weighted by atomic mass is 127. The van der Waals surface area contributed by atoms with Crippen LogP contribution in [0, 0.1) is 19.7 Å². The van der Waals surface area contributed by atoms with Crippen LogP contribution in [0.3, 0.4) is 0 Å². The summed E-state index contributed by atoms with van der Waals surface area (Å²) in [6.45, 7) is 12.3. The molecule has 2 aromatic rings. The van der Waals surface area contributed by atoms with Gasteiger partial charge in [-0.2, -0.15) is 0 Å². The summed E-state index contributed by atoms with van der Waals surface area (Å²) in [4.78, 5) is 10.3. The van der Waals surface area contributed by atoms with Gasteiger partial charge in [0.2, 0.25) is 0 Å². The normalized spacial score (nSPS) is 11.8. The number of aromatic nitrogens is 1. The molecule has 4 nitrogen and oxygen atoms in total. The Labute approximate surface area is 176 Å². The number of hydrogen-bond acceptors (Lipinski definition) is 3. The minimum Gasteiger partial charge on any atom is -0.357 e. The van der Waals surface area contributed by atoms with Crippen molar-refractivity contribution in [3.8, 4) is 0 Å². The summed E-state index contributed by atoms with van der Waals surface area (Å²) >= 11 is 1.68. The lowest BCUT2D eigenvalue weighted by Crippen LogP contribution is -2.43. The Kier molecular flexibility index (Phi) is 8.95. The standard InChI is InChI=1S/C19H27FN4S.HI/c1-6-21-18(22-11-17-13(2)24-14(3)25-17)23-12-19(4,5)15-8-7-9-16(20)10-15;/h7-10H,6,11-12H2,1-5H3,(H2,21,22,23);1H. The van der Waals surface area contributed by atoms with Crippen LogP contribution < -0.4 is 10.6 Å². The van der Waals surface area contributed by atoms with E-state index in [1.165, 1.54) is 10.9 Å². The molecule has 2 rings (SSSR count). The maximum Gasteiger partial charge on any atom is 0.191 e. The molecular weight excluding hydrogens is 462 g/mol. The van der Waals surface area contributed by atoms with Crippen molar-refractivity contribution in [2.24, 2.45) is 4.99 Å². The molecule has 144 valence electrons. The second-order valence-corrected chi connectivity index (χ2v) is 7.97. The summed E-state index contributed by atoms with van der Waals surface area (Å²) in [7, 11) is 0. The fraction of sp³-hybridized carbons (Fsp3) is 0.474. The Morgan fingerprint density at radius 1 is 1.27 bits per heavy atom. The Balaban J connectivity index is 0.00000338. The van der Waals surface area contributed by atoms with Gasteiger partial charge in [-0.05, 0) is 38.5 Å². The highest BCUT2D eigenvalue weighted by Crippen LogP contribution is 2.23. The lowest BCUT2D eigenvalue weighted by atomic mass is 9.84. The smallest absolute Gasteiger partial charge is 0.191 e. The van der Waals surface area contributed by atoms with Crippen molar-refractivity contribution < 1.29 is 4.39 Å². The first-order chi connectivity index (χ1) is 11.8. The zero-order chi connectivity index (χ0) is 18.4. The first-order valence-electron chi connectivity index (χ1n) is 8.53. The lowest BCUT2D eigenvalue weighted by Gasteiger charge is -2.26. The first-order valence-corrected chi connectivity index (χ1v) is 9.34. The highest BCUT2D eigenvalue weighted by molar-refractivity contribution is 14.0. The van der Waals surface area contributed by atoms with Crippen LogP contribution in [-0.2, 0) is 12.0 Å². The number of hydrogen-bond donors (Lipinski definition) is 2. The molecule has 26 heavy (non-hydrogen) atoms. The minimum atomic E-state index is -0.213. The Bertz CT molecular complexity index is 743. The van der Waals surface area contributed by atoms with Crippen molar-refractivity contribution in [1.82, 2.24) is 15.6 Å². The van der Waals surface area contributed by atoms with E-state index in [1.807, 2.05) is 26.8 Å². The number of thiazole rings is 1. The monoisotopic (exact) mass is 490 g/mol. The van der Waals surface area contributed by atoms with E-state index in [0.29, 0.717) is 13.1 Å². The topological polar surface area (TPSA) is 49.3 Å². The summed E-state index contributed by atoms with van der Waals surface area (Å²) in [6.07, 6.45) is 0. The molecule has 0 atom stereocenters. The van der Waals surface area contributed by atoms with E-state index in [1.54, 1.807) is 23.5 Å². The quantitative estimate of drug-likeness (QED) is 0.355. The zero-order valence-corrected chi connectivity index (χ0v) is 19.2. The molecule has 0 aliphatic heterocycles. The Morgan fingerprint density at radius 2 is 2.00 bits per heavy atom. The van der Waals surface area contributed by atoms with E-state index in [4.69, 9.17) is 0 Å². The molecule has 1 aromatic carbocycles. The molecular formula is C19H28FIN4S. The third kappa shape index (κ3) is 6.50. The van der Waals surface area contributed by atoms with Gasteiger partial charge in [-0.15, -0.1) is 35.3 Å². The van der Waals surface area contributed by atoms with Crippen LogP contribution in [0.2, 0.25) is 0 Å². The van der Waals surface area contributed by atoms with Gasteiger partial charge in [0.05, 0.1) is 17.2 Å². The predicted molar refractivity (Wildman–Crippen MR) is 119 cm³/mol. The molecule has 0 bridgehead atoms. The number of guanidine groups is 1. The van der Waals surface area contributed by atoms with Crippen molar-refractivity contribution in [2.75, 3.05) is 13.1 Å². The maximum absolute atomic E-state index is 13.5. The number of rotatable bonds is 6. The number of nitrogens with one attached hydrogen (secondary N) is 2. The fourth-order valence-electron chi connectivity index (χ4n) is 2.53. The average molecular weight is 490 g/mol. The fourth-order valence-corrected chi connectivity index (χ4v) is 3.39. The van der Waals surface area contributed by atoms with Crippen LogP contribution in [0.4, 0.5) is 4.39 Å². The number of nitrogens with zero attached hydrogens (tertiary/aromatic N) is 2. The molecule has 1 aromatic heterocycles. The van der Waals surface area contributed by atoms with E-state index < -0.39 is 0 Å². The van der Waals surface area contributed by atoms with E-state index in [9.17, 15) is 4.39 Å². The van der Waals surface area contributed by atoms with Gasteiger partial charge in [0.15, 0.2) is 5.96 Å². The van der Waals surface area contributed by atoms with E-state index >= 15 is 0 Å². The summed E-state index contributed by atoms with van der Waals surface area (Å²) in [5, 5.41) is 7.70. The Hall–Kier alpha value is -1.22. The van der Waals surface area contributed by atoms with Gasteiger partial charge in [-0.1, -0.05) is 26.0 Å². The number of aryl methyl sites for hydroxylation is 2. The summed E-state index contributed by atoms with van der Waals surface area (Å²) in [5.74, 6) is 0.555. The number of halogens is 2. The van der Waals surface area contributed by atoms with Crippen LogP contribution >= 0.6 is 35.3 Å². The number of benzene rings is 1. The summed E-state index contributed by atoms with van der Waals surface area (Å²) in [5.41, 5.74) is 1.79. The zero-order valence-electron chi connectivity index (χ0n) is 16.0. The predicted octanol–water partition coefficient (Wildman–Crippen LogP) is 4.55. The molecule has 0 saturated heterocycles. The van der Waals surface area contributed by atoms with Gasteiger partial charge in [0.25, 0.3) is 0 Å². The molecule has 0 amide bonds. The van der Waals surface area contributed by atoms with Crippen LogP contribution in [0.5, 0.6) is 0 Å². The van der Waals surface area contributed by atoms with Crippen molar-refractivity contribution in [1.29, 1.82) is 0 Å². The first kappa shape index (κ1) is 22.8. The molecule has 7 heteroatoms. The van der Waals surface area contributed by atoms with E-state index in [2.05, 4.69) is 34.5 Å². The van der Waals surface area contributed by atoms with Crippen LogP contribution in [0.1, 0.15) is 41.9 Å². The van der Waals surface area contributed by atoms with Gasteiger partial charge in [-0.3, -0.25) is 0 Å². The van der Waals surface area contributed by atoms with Gasteiger partial charge in [0, 0.05) is 23.4 Å². The molecule has 0 radical (unpaired) electrons. The number of aliphatic imine (C=N–C) groups is 1. The van der Waals surface area contributed by atoms with Gasteiger partial charge in [0.1, 0.15) is 5.82 Å². The lowest BCUT2D eigenvalue weighted by molar-refractivity contribution is 0.503. The van der Waals surface area contributed by atoms with Crippen LogP contribution in [0.25, 0.3) is 0 Å². The van der Waals surface area contributed by atoms with Gasteiger partial charge < -0.3 is 10.6 Å². The SMILES string of the molecule is CCNC(=NCc1sc(C)nc1C)NCC(C)(C)c1cccc(F)c1.I. The second kappa shape index (κ2) is 10.2. The molecule has 0 unspecified atom stereocenters. The molecule has 0 aliphatic carbocycles. The maximum atomic E-state index is 13.5. The largest absolute Gasteiger partial charge is 0.357 e. The minimum absolute atomic E-state index is 0. The molecule has 0 spiro atoms. The van der Waals surface area contributed by atoms with Crippen molar-refractivity contribution in [3.63, 3.8) is 0 Å². The summed E-state index contributed by atoms with van der Waals surface area (Å²) in [6, 6.07) is 6.77. The van der Waals surface area contributed by atoms with E-state index in [0.717, 1.165) is 28.8 Å². The third-order valence-corrected chi connectivity index (χ3v) is 5.09. The molecule has 1 heterocycles. The second-order valence-electron chi connectivity index (χ2n) is 6.68. The van der Waals surface area contributed by atoms with Crippen LogP contribution in [0.15, 0.2) is 29.3 Å². The highest BCUT2D eigenvalue weighted by Gasteiger charge is 2.21. The van der Waals surface area contributed by atoms with Gasteiger partial charge in [-0.25, -0.2) is 14.4 Å². The molecule has 0 aliphatic rings. The van der Waals surface area contributed by atoms with Crippen molar-refractivity contribution >= 4 is 41.3 Å². The molecule has 0 fully saturated rings. The Morgan fingerprint density at radius 3 is 2.58 bits per heavy atom. The average Bonchev–Trinajstić information content (AvgIpc) is 2.88. The van der Waals surface area contributed by atoms with Crippen molar-refractivity contribution in [3.05, 3.63) is 51.2 Å². The van der Waals surface area contributed by atoms with Crippen LogP contribution in [-0.4, -0.2) is 24.0 Å². The third-order valence-electron chi connectivity index (χ3n) is 4.03. The van der Waals surface area contributed by atoms with Crippen molar-refractivity contribution in [2.45, 2.75) is 46.6 Å².